The highest BCUT2D eigenvalue weighted by Gasteiger charge is 2.28. The van der Waals surface area contributed by atoms with Gasteiger partial charge in [0.25, 0.3) is 0 Å². The molecular weight excluding hydrogens is 212 g/mol. The lowest BCUT2D eigenvalue weighted by molar-refractivity contribution is -0.119. The van der Waals surface area contributed by atoms with E-state index in [2.05, 4.69) is 0 Å². The minimum absolute atomic E-state index is 0.272. The Balaban J connectivity index is 1.89. The number of aryl methyl sites for hydroxylation is 1. The van der Waals surface area contributed by atoms with Gasteiger partial charge in [-0.15, -0.1) is 0 Å². The van der Waals surface area contributed by atoms with Crippen LogP contribution in [0, 0.1) is 5.92 Å². The first-order valence-electron chi connectivity index (χ1n) is 6.43. The van der Waals surface area contributed by atoms with Crippen LogP contribution in [0.1, 0.15) is 31.2 Å². The normalized spacial score (nSPS) is 20.0. The van der Waals surface area contributed by atoms with E-state index in [-0.39, 0.29) is 5.91 Å². The predicted octanol–water partition coefficient (Wildman–Crippen LogP) is 2.35. The van der Waals surface area contributed by atoms with Crippen molar-refractivity contribution in [1.82, 2.24) is 0 Å². The Morgan fingerprint density at radius 3 is 2.82 bits per heavy atom. The summed E-state index contributed by atoms with van der Waals surface area (Å²) in [5.41, 5.74) is 8.90. The molecule has 90 valence electrons. The number of carbonyl (C=O) groups is 1. The number of carbonyl (C=O) groups excluding carboxylic acids is 1. The second-order valence-electron chi connectivity index (χ2n) is 5.19. The lowest BCUT2D eigenvalue weighted by atomic mass is 9.84. The summed E-state index contributed by atoms with van der Waals surface area (Å²) in [6.07, 6.45) is 5.33. The Bertz CT molecular complexity index is 452. The van der Waals surface area contributed by atoms with Crippen molar-refractivity contribution in [2.75, 3.05) is 17.2 Å². The van der Waals surface area contributed by atoms with Crippen molar-refractivity contribution in [2.24, 2.45) is 5.92 Å². The summed E-state index contributed by atoms with van der Waals surface area (Å²) in [4.78, 5) is 14.0. The van der Waals surface area contributed by atoms with Gasteiger partial charge in [-0.2, -0.15) is 0 Å². The van der Waals surface area contributed by atoms with Crippen LogP contribution in [0.2, 0.25) is 0 Å². The molecule has 1 aliphatic carbocycles. The number of rotatable bonds is 2. The summed E-state index contributed by atoms with van der Waals surface area (Å²) in [6, 6.07) is 5.90. The van der Waals surface area contributed by atoms with Gasteiger partial charge in [-0.3, -0.25) is 4.79 Å². The topological polar surface area (TPSA) is 46.3 Å². The van der Waals surface area contributed by atoms with Gasteiger partial charge >= 0.3 is 0 Å². The van der Waals surface area contributed by atoms with E-state index in [4.69, 9.17) is 5.73 Å². The van der Waals surface area contributed by atoms with Crippen LogP contribution in [0.5, 0.6) is 0 Å². The molecule has 0 saturated heterocycles. The van der Waals surface area contributed by atoms with E-state index >= 15 is 0 Å². The molecule has 0 aromatic heterocycles. The van der Waals surface area contributed by atoms with Crippen LogP contribution in [-0.2, 0) is 11.2 Å². The van der Waals surface area contributed by atoms with Crippen LogP contribution in [0.15, 0.2) is 18.2 Å². The zero-order valence-corrected chi connectivity index (χ0v) is 9.98. The maximum atomic E-state index is 12.0. The maximum absolute atomic E-state index is 12.0. The van der Waals surface area contributed by atoms with Crippen LogP contribution >= 0.6 is 0 Å². The molecule has 0 unspecified atom stereocenters. The third-order valence-corrected chi connectivity index (χ3v) is 3.97. The van der Waals surface area contributed by atoms with Gasteiger partial charge in [-0.1, -0.05) is 6.42 Å². The van der Waals surface area contributed by atoms with Gasteiger partial charge in [-0.25, -0.2) is 0 Å². The second-order valence-corrected chi connectivity index (χ2v) is 5.19. The molecule has 2 N–H and O–H groups in total. The van der Waals surface area contributed by atoms with E-state index in [0.29, 0.717) is 12.3 Å². The molecule has 1 aromatic carbocycles. The first kappa shape index (κ1) is 10.6. The fourth-order valence-corrected chi connectivity index (χ4v) is 2.71. The lowest BCUT2D eigenvalue weighted by Gasteiger charge is -2.35. The van der Waals surface area contributed by atoms with E-state index in [9.17, 15) is 4.79 Å². The van der Waals surface area contributed by atoms with Gasteiger partial charge in [0.2, 0.25) is 5.91 Å². The smallest absolute Gasteiger partial charge is 0.227 e. The van der Waals surface area contributed by atoms with Crippen molar-refractivity contribution >= 4 is 17.3 Å². The third kappa shape index (κ3) is 1.90. The van der Waals surface area contributed by atoms with Crippen LogP contribution in [-0.4, -0.2) is 12.5 Å². The molecule has 1 fully saturated rings. The summed E-state index contributed by atoms with van der Waals surface area (Å²) in [5.74, 6) is 0.983. The summed E-state index contributed by atoms with van der Waals surface area (Å²) < 4.78 is 0. The van der Waals surface area contributed by atoms with E-state index in [0.717, 1.165) is 24.3 Å². The highest BCUT2D eigenvalue weighted by Crippen LogP contribution is 2.34. The first-order valence-corrected chi connectivity index (χ1v) is 6.43. The number of hydrogen-bond acceptors (Lipinski definition) is 2. The Morgan fingerprint density at radius 2 is 2.12 bits per heavy atom. The SMILES string of the molecule is Nc1ccc2c(c1)CCC(=O)N2CC1CCC1. The van der Waals surface area contributed by atoms with E-state index < -0.39 is 0 Å². The zero-order valence-electron chi connectivity index (χ0n) is 9.98. The number of nitrogens with two attached hydrogens (primary N) is 1. The van der Waals surface area contributed by atoms with Crippen LogP contribution in [0.25, 0.3) is 0 Å². The standard InChI is InChI=1S/C14H18N2O/c15-12-5-6-13-11(8-12)4-7-14(17)16(13)9-10-2-1-3-10/h5-6,8,10H,1-4,7,9,15H2. The first-order chi connectivity index (χ1) is 8.24. The van der Waals surface area contributed by atoms with Crippen molar-refractivity contribution in [2.45, 2.75) is 32.1 Å². The molecule has 17 heavy (non-hydrogen) atoms. The van der Waals surface area contributed by atoms with E-state index in [1.807, 2.05) is 23.1 Å². The number of fused-ring (bicyclic) bond motifs is 1. The highest BCUT2D eigenvalue weighted by molar-refractivity contribution is 5.96. The van der Waals surface area contributed by atoms with E-state index in [1.165, 1.54) is 24.8 Å². The molecule has 1 amide bonds. The molecule has 2 aliphatic rings. The zero-order chi connectivity index (χ0) is 11.8. The maximum Gasteiger partial charge on any atom is 0.227 e. The Hall–Kier alpha value is -1.51. The average molecular weight is 230 g/mol. The molecule has 0 spiro atoms. The van der Waals surface area contributed by atoms with Gasteiger partial charge in [0.1, 0.15) is 0 Å². The molecule has 3 heteroatoms. The third-order valence-electron chi connectivity index (χ3n) is 3.97. The molecule has 1 aliphatic heterocycles. The minimum Gasteiger partial charge on any atom is -0.399 e. The number of amides is 1. The molecule has 1 saturated carbocycles. The summed E-state index contributed by atoms with van der Waals surface area (Å²) in [6.45, 7) is 0.899. The summed E-state index contributed by atoms with van der Waals surface area (Å²) in [7, 11) is 0. The quantitative estimate of drug-likeness (QED) is 0.793. The summed E-state index contributed by atoms with van der Waals surface area (Å²) in [5, 5.41) is 0. The van der Waals surface area contributed by atoms with E-state index in [1.54, 1.807) is 0 Å². The average Bonchev–Trinajstić information content (AvgIpc) is 2.25. The highest BCUT2D eigenvalue weighted by atomic mass is 16.2. The number of nitrogen functional groups attached to an aromatic ring is 1. The molecular formula is C14H18N2O. The van der Waals surface area contributed by atoms with Crippen molar-refractivity contribution in [1.29, 1.82) is 0 Å². The van der Waals surface area contributed by atoms with Gasteiger partial charge in [0.05, 0.1) is 0 Å². The molecule has 3 rings (SSSR count). The Kier molecular flexibility index (Phi) is 2.54. The Morgan fingerprint density at radius 1 is 1.29 bits per heavy atom. The Labute approximate surface area is 102 Å². The monoisotopic (exact) mass is 230 g/mol. The molecule has 0 radical (unpaired) electrons. The lowest BCUT2D eigenvalue weighted by Crippen LogP contribution is -2.40. The molecule has 0 atom stereocenters. The molecule has 3 nitrogen and oxygen atoms in total. The number of hydrogen-bond donors (Lipinski definition) is 1. The molecule has 0 bridgehead atoms. The largest absolute Gasteiger partial charge is 0.399 e. The van der Waals surface area contributed by atoms with Crippen LogP contribution in [0.4, 0.5) is 11.4 Å². The van der Waals surface area contributed by atoms with Crippen molar-refractivity contribution in [3.8, 4) is 0 Å². The van der Waals surface area contributed by atoms with Crippen molar-refractivity contribution in [3.63, 3.8) is 0 Å². The van der Waals surface area contributed by atoms with Crippen molar-refractivity contribution < 1.29 is 4.79 Å². The van der Waals surface area contributed by atoms with Crippen LogP contribution < -0.4 is 10.6 Å². The number of anilines is 2. The van der Waals surface area contributed by atoms with Crippen molar-refractivity contribution in [3.05, 3.63) is 23.8 Å². The predicted molar refractivity (Wildman–Crippen MR) is 68.9 cm³/mol. The van der Waals surface area contributed by atoms with Crippen LogP contribution in [0.3, 0.4) is 0 Å². The fourth-order valence-electron chi connectivity index (χ4n) is 2.71. The minimum atomic E-state index is 0.272. The van der Waals surface area contributed by atoms with Gasteiger partial charge in [0.15, 0.2) is 0 Å². The summed E-state index contributed by atoms with van der Waals surface area (Å²) >= 11 is 0. The van der Waals surface area contributed by atoms with Gasteiger partial charge < -0.3 is 10.6 Å². The fraction of sp³-hybridized carbons (Fsp3) is 0.500. The number of benzene rings is 1. The number of nitrogens with zero attached hydrogens (tertiary/aromatic N) is 1. The van der Waals surface area contributed by atoms with Gasteiger partial charge in [0, 0.05) is 24.3 Å². The molecule has 1 heterocycles. The molecule has 1 aromatic rings. The van der Waals surface area contributed by atoms with Gasteiger partial charge in [-0.05, 0) is 48.9 Å². The second kappa shape index (κ2) is 4.06.